The predicted molar refractivity (Wildman–Crippen MR) is 151 cm³/mol. The molecule has 1 fully saturated rings. The smallest absolute Gasteiger partial charge is 0.355 e. The van der Waals surface area contributed by atoms with Crippen LogP contribution in [-0.4, -0.2) is 74.5 Å². The highest BCUT2D eigenvalue weighted by Crippen LogP contribution is 2.52. The molecule has 0 aliphatic carbocycles. The van der Waals surface area contributed by atoms with Crippen LogP contribution in [0, 0.1) is 22.0 Å². The number of rotatable bonds is 9. The van der Waals surface area contributed by atoms with Crippen LogP contribution in [0.3, 0.4) is 0 Å². The average Bonchev–Trinajstić information content (AvgIpc) is 3.54. The summed E-state index contributed by atoms with van der Waals surface area (Å²) in [7, 11) is 3.42. The van der Waals surface area contributed by atoms with Crippen molar-refractivity contribution < 1.29 is 57.7 Å². The Morgan fingerprint density at radius 2 is 1.95 bits per heavy atom. The van der Waals surface area contributed by atoms with Crippen LogP contribution in [0.4, 0.5) is 5.69 Å². The molecular formula is C27H30IN5O7S2. The van der Waals surface area contributed by atoms with Crippen molar-refractivity contribution in [1.82, 2.24) is 14.2 Å². The van der Waals surface area contributed by atoms with Crippen LogP contribution in [0.2, 0.25) is 0 Å². The topological polar surface area (TPSA) is 139 Å². The van der Waals surface area contributed by atoms with Gasteiger partial charge in [0.15, 0.2) is 6.54 Å². The van der Waals surface area contributed by atoms with Gasteiger partial charge in [-0.1, -0.05) is 30.0 Å². The summed E-state index contributed by atoms with van der Waals surface area (Å²) in [5.41, 5.74) is 1.31. The number of imidazole rings is 1. The third-order valence-electron chi connectivity index (χ3n) is 7.55. The quantitative estimate of drug-likeness (QED) is 0.0583. The fourth-order valence-electron chi connectivity index (χ4n) is 5.48. The first-order chi connectivity index (χ1) is 19.4. The molecule has 4 heterocycles. The standard InChI is InChI=1S/C27H30N5O7S2.HI/c1-14-20(18-10-29-13-30(11-19(34)28(3)4)25(40-5)26(29)41-18)23(31-22(14)21(15(2)33)24(31)35)27(36)39-12-16-6-8-17(9-7-16)32(37)38;/h6-10,13-15,21-22,33H,11-12H2,1-5H3;1H/q+1;/p-1/t14-,15+,21+,22+;/m0./s1. The zero-order valence-corrected chi connectivity index (χ0v) is 27.3. The van der Waals surface area contributed by atoms with E-state index in [1.54, 1.807) is 21.0 Å². The third-order valence-corrected chi connectivity index (χ3v) is 9.64. The lowest BCUT2D eigenvalue weighted by atomic mass is 9.77. The maximum absolute atomic E-state index is 13.6. The van der Waals surface area contributed by atoms with Crippen LogP contribution >= 0.6 is 23.1 Å². The van der Waals surface area contributed by atoms with Gasteiger partial charge in [-0.15, -0.1) is 0 Å². The number of ether oxygens (including phenoxy) is 1. The molecule has 3 aromatic rings. The maximum Gasteiger partial charge on any atom is 0.355 e. The Balaban J connectivity index is 0.00000405. The molecule has 1 aromatic carbocycles. The SMILES string of the molecule is CSc1c2sc(C3=C(C(=O)OCc4ccc([N+](=O)[O-])cc4)N4C(=O)[C@H]([C@@H](C)O)[C@H]4[C@H]3C)cn2c[n+]1CC(=O)N(C)C.[I-]. The molecule has 0 radical (unpaired) electrons. The molecular weight excluding hydrogens is 697 g/mol. The van der Waals surface area contributed by atoms with E-state index < -0.39 is 22.9 Å². The predicted octanol–water partition coefficient (Wildman–Crippen LogP) is -0.677. The highest BCUT2D eigenvalue weighted by atomic mass is 127. The van der Waals surface area contributed by atoms with Gasteiger partial charge in [0.25, 0.3) is 17.9 Å². The lowest BCUT2D eigenvalue weighted by Crippen LogP contribution is -3.00. The van der Waals surface area contributed by atoms with Crippen LogP contribution in [0.15, 0.2) is 47.5 Å². The number of nitro benzene ring substituents is 1. The Kier molecular flexibility index (Phi) is 9.34. The number of carbonyl (C=O) groups is 3. The summed E-state index contributed by atoms with van der Waals surface area (Å²) in [6, 6.07) is 5.32. The van der Waals surface area contributed by atoms with E-state index in [9.17, 15) is 29.6 Å². The molecule has 0 saturated carbocycles. The number of thioether (sulfide) groups is 1. The maximum atomic E-state index is 13.6. The number of thiazole rings is 1. The first-order valence-electron chi connectivity index (χ1n) is 12.9. The average molecular weight is 728 g/mol. The molecule has 0 bridgehead atoms. The van der Waals surface area contributed by atoms with E-state index in [4.69, 9.17) is 4.74 Å². The first-order valence-corrected chi connectivity index (χ1v) is 14.9. The monoisotopic (exact) mass is 727 g/mol. The molecule has 1 N–H and O–H groups in total. The first kappa shape index (κ1) is 31.9. The minimum absolute atomic E-state index is 0. The number of carbonyl (C=O) groups excluding carboxylic acids is 3. The van der Waals surface area contributed by atoms with Gasteiger partial charge in [0.2, 0.25) is 15.8 Å². The molecule has 2 aliphatic rings. The number of β-lactam (4-membered cyclic amide) rings is 1. The van der Waals surface area contributed by atoms with Gasteiger partial charge in [0, 0.05) is 37.7 Å². The molecule has 1 saturated heterocycles. The van der Waals surface area contributed by atoms with Crippen molar-refractivity contribution in [3.63, 3.8) is 0 Å². The number of halogens is 1. The molecule has 2 amide bonds. The number of benzene rings is 1. The van der Waals surface area contributed by atoms with E-state index in [0.717, 1.165) is 14.7 Å². The number of aliphatic hydroxyl groups excluding tert-OH is 1. The summed E-state index contributed by atoms with van der Waals surface area (Å²) in [6.07, 6.45) is 4.79. The Hall–Kier alpha value is -3.02. The van der Waals surface area contributed by atoms with Gasteiger partial charge in [-0.3, -0.25) is 19.7 Å². The molecule has 4 atom stereocenters. The number of esters is 1. The lowest BCUT2D eigenvalue weighted by molar-refractivity contribution is -0.718. The number of hydrogen-bond donors (Lipinski definition) is 1. The number of nitro groups is 1. The zero-order chi connectivity index (χ0) is 29.7. The second-order valence-corrected chi connectivity index (χ2v) is 12.2. The molecule has 5 rings (SSSR count). The molecule has 12 nitrogen and oxygen atoms in total. The van der Waals surface area contributed by atoms with Crippen molar-refractivity contribution in [2.75, 3.05) is 20.4 Å². The number of fused-ring (bicyclic) bond motifs is 2. The number of hydrogen-bond acceptors (Lipinski definition) is 9. The highest BCUT2D eigenvalue weighted by molar-refractivity contribution is 7.98. The fourth-order valence-corrected chi connectivity index (χ4v) is 7.65. The number of likely N-dealkylation sites (N-methyl/N-ethyl adjacent to an activating group) is 1. The van der Waals surface area contributed by atoms with Crippen molar-refractivity contribution >= 4 is 57.0 Å². The van der Waals surface area contributed by atoms with Crippen LogP contribution in [-0.2, 0) is 32.3 Å². The highest BCUT2D eigenvalue weighted by Gasteiger charge is 2.60. The van der Waals surface area contributed by atoms with E-state index >= 15 is 0 Å². The van der Waals surface area contributed by atoms with Crippen LogP contribution in [0.5, 0.6) is 0 Å². The molecule has 0 unspecified atom stereocenters. The fraction of sp³-hybridized carbons (Fsp3) is 0.407. The molecule has 0 spiro atoms. The normalized spacial score (nSPS) is 20.2. The Bertz CT molecular complexity index is 1600. The van der Waals surface area contributed by atoms with Gasteiger partial charge >= 0.3 is 5.97 Å². The Morgan fingerprint density at radius 3 is 2.52 bits per heavy atom. The molecule has 2 aromatic heterocycles. The Labute approximate surface area is 267 Å². The van der Waals surface area contributed by atoms with Crippen LogP contribution in [0.25, 0.3) is 10.4 Å². The van der Waals surface area contributed by atoms with Gasteiger partial charge in [0.1, 0.15) is 18.5 Å². The van der Waals surface area contributed by atoms with Crippen LogP contribution in [0.1, 0.15) is 24.3 Å². The van der Waals surface area contributed by atoms with Crippen molar-refractivity contribution in [3.05, 3.63) is 63.0 Å². The largest absolute Gasteiger partial charge is 1.00 e. The van der Waals surface area contributed by atoms with Gasteiger partial charge < -0.3 is 43.6 Å². The summed E-state index contributed by atoms with van der Waals surface area (Å²) in [5, 5.41) is 22.2. The van der Waals surface area contributed by atoms with E-state index in [2.05, 4.69) is 0 Å². The van der Waals surface area contributed by atoms with E-state index in [0.29, 0.717) is 11.1 Å². The summed E-state index contributed by atoms with van der Waals surface area (Å²) in [6.45, 7) is 3.57. The van der Waals surface area contributed by atoms with Crippen LogP contribution < -0.4 is 28.5 Å². The summed E-state index contributed by atoms with van der Waals surface area (Å²) in [5.74, 6) is -1.94. The number of aliphatic hydroxyl groups is 1. The van der Waals surface area contributed by atoms with E-state index in [1.807, 2.05) is 34.7 Å². The van der Waals surface area contributed by atoms with E-state index in [-0.39, 0.29) is 72.3 Å². The van der Waals surface area contributed by atoms with Gasteiger partial charge in [-0.05, 0) is 30.9 Å². The third kappa shape index (κ3) is 5.42. The number of aromatic nitrogens is 2. The van der Waals surface area contributed by atoms with Crippen molar-refractivity contribution in [3.8, 4) is 0 Å². The van der Waals surface area contributed by atoms with Crippen molar-refractivity contribution in [2.45, 2.75) is 44.2 Å². The number of amides is 2. The lowest BCUT2D eigenvalue weighted by Gasteiger charge is -2.46. The second kappa shape index (κ2) is 12.3. The minimum Gasteiger partial charge on any atom is -1.00 e. The second-order valence-electron chi connectivity index (χ2n) is 10.4. The van der Waals surface area contributed by atoms with Crippen molar-refractivity contribution in [2.24, 2.45) is 11.8 Å². The molecule has 15 heteroatoms. The summed E-state index contributed by atoms with van der Waals surface area (Å²) in [4.78, 5) is 54.2. The van der Waals surface area contributed by atoms with Gasteiger partial charge in [-0.25, -0.2) is 9.36 Å². The number of nitrogens with zero attached hydrogens (tertiary/aromatic N) is 5. The molecule has 224 valence electrons. The Morgan fingerprint density at radius 1 is 1.29 bits per heavy atom. The van der Waals surface area contributed by atoms with Crippen molar-refractivity contribution in [1.29, 1.82) is 0 Å². The summed E-state index contributed by atoms with van der Waals surface area (Å²) >= 11 is 2.96. The summed E-state index contributed by atoms with van der Waals surface area (Å²) < 4.78 is 9.42. The van der Waals surface area contributed by atoms with E-state index in [1.165, 1.54) is 57.2 Å². The zero-order valence-electron chi connectivity index (χ0n) is 23.5. The van der Waals surface area contributed by atoms with Gasteiger partial charge in [0.05, 0.1) is 27.9 Å². The molecule has 42 heavy (non-hydrogen) atoms. The molecule has 2 aliphatic heterocycles. The minimum atomic E-state index is -0.877. The van der Waals surface area contributed by atoms with Gasteiger partial charge in [-0.2, -0.15) is 4.40 Å². The number of non-ortho nitro benzene ring substituents is 1.